The van der Waals surface area contributed by atoms with E-state index in [2.05, 4.69) is 14.7 Å². The summed E-state index contributed by atoms with van der Waals surface area (Å²) in [6.45, 7) is 3.37. The van der Waals surface area contributed by atoms with E-state index in [0.29, 0.717) is 16.9 Å². The maximum absolute atomic E-state index is 12.3. The summed E-state index contributed by atoms with van der Waals surface area (Å²) in [4.78, 5) is 7.89. The molecular formula is C12H13ClN4O2S. The molecule has 1 heterocycles. The molecule has 0 amide bonds. The highest BCUT2D eigenvalue weighted by Gasteiger charge is 2.19. The smallest absolute Gasteiger partial charge is 0.264 e. The van der Waals surface area contributed by atoms with Crippen LogP contribution in [-0.2, 0) is 10.0 Å². The lowest BCUT2D eigenvalue weighted by Crippen LogP contribution is -2.16. The van der Waals surface area contributed by atoms with Crippen LogP contribution < -0.4 is 10.5 Å². The second kappa shape index (κ2) is 5.26. The van der Waals surface area contributed by atoms with Crippen molar-refractivity contribution >= 4 is 33.3 Å². The van der Waals surface area contributed by atoms with Crippen LogP contribution in [0.25, 0.3) is 0 Å². The van der Waals surface area contributed by atoms with E-state index >= 15 is 0 Å². The highest BCUT2D eigenvalue weighted by Crippen LogP contribution is 2.21. The molecule has 0 spiro atoms. The summed E-state index contributed by atoms with van der Waals surface area (Å²) in [5.41, 5.74) is 7.12. The van der Waals surface area contributed by atoms with Crippen molar-refractivity contribution in [1.29, 1.82) is 0 Å². The van der Waals surface area contributed by atoms with Gasteiger partial charge in [0.05, 0.1) is 4.90 Å². The number of sulfonamides is 1. The number of hydrogen-bond donors (Lipinski definition) is 2. The van der Waals surface area contributed by atoms with Crippen LogP contribution in [0, 0.1) is 13.8 Å². The molecule has 0 aliphatic heterocycles. The molecule has 0 bridgehead atoms. The summed E-state index contributed by atoms with van der Waals surface area (Å²) in [6, 6.07) is 6.18. The number of anilines is 2. The van der Waals surface area contributed by atoms with E-state index in [9.17, 15) is 8.42 Å². The minimum atomic E-state index is -3.81. The lowest BCUT2D eigenvalue weighted by Gasteiger charge is -2.10. The van der Waals surface area contributed by atoms with Crippen LogP contribution in [0.2, 0.25) is 5.15 Å². The fourth-order valence-electron chi connectivity index (χ4n) is 1.66. The first kappa shape index (κ1) is 14.5. The van der Waals surface area contributed by atoms with Crippen LogP contribution in [0.3, 0.4) is 0 Å². The summed E-state index contributed by atoms with van der Waals surface area (Å²) in [6.07, 6.45) is 0. The van der Waals surface area contributed by atoms with Crippen molar-refractivity contribution in [3.8, 4) is 0 Å². The van der Waals surface area contributed by atoms with Crippen LogP contribution in [0.4, 0.5) is 11.6 Å². The van der Waals surface area contributed by atoms with Gasteiger partial charge in [-0.1, -0.05) is 17.7 Å². The van der Waals surface area contributed by atoms with Gasteiger partial charge in [-0.15, -0.1) is 0 Å². The predicted molar refractivity (Wildman–Crippen MR) is 78.2 cm³/mol. The maximum atomic E-state index is 12.3. The zero-order chi connectivity index (χ0) is 14.9. The fourth-order valence-corrected chi connectivity index (χ4v) is 3.12. The van der Waals surface area contributed by atoms with Crippen molar-refractivity contribution in [3.05, 3.63) is 40.7 Å². The predicted octanol–water partition coefficient (Wildman–Crippen LogP) is 2.13. The molecule has 0 atom stereocenters. The van der Waals surface area contributed by atoms with Gasteiger partial charge in [0, 0.05) is 11.4 Å². The summed E-state index contributed by atoms with van der Waals surface area (Å²) in [5, 5.41) is 0.166. The Morgan fingerprint density at radius 2 is 1.90 bits per heavy atom. The molecule has 106 valence electrons. The Hall–Kier alpha value is -1.86. The summed E-state index contributed by atoms with van der Waals surface area (Å²) < 4.78 is 26.9. The molecule has 1 aromatic carbocycles. The zero-order valence-electron chi connectivity index (χ0n) is 10.9. The number of rotatable bonds is 3. The van der Waals surface area contributed by atoms with Crippen LogP contribution in [0.5, 0.6) is 0 Å². The number of nitrogens with one attached hydrogen (secondary N) is 1. The fraction of sp³-hybridized carbons (Fsp3) is 0.167. The Kier molecular flexibility index (Phi) is 3.82. The first-order valence-corrected chi connectivity index (χ1v) is 7.54. The molecule has 0 aliphatic rings. The molecule has 6 nitrogen and oxygen atoms in total. The van der Waals surface area contributed by atoms with Crippen LogP contribution in [-0.4, -0.2) is 18.4 Å². The van der Waals surface area contributed by atoms with E-state index in [4.69, 9.17) is 17.3 Å². The second-order valence-electron chi connectivity index (χ2n) is 4.29. The van der Waals surface area contributed by atoms with E-state index in [1.807, 2.05) is 0 Å². The first-order valence-electron chi connectivity index (χ1n) is 5.68. The minimum absolute atomic E-state index is 0.0724. The van der Waals surface area contributed by atoms with Gasteiger partial charge in [-0.2, -0.15) is 0 Å². The molecule has 0 unspecified atom stereocenters. The number of halogens is 1. The molecule has 0 saturated heterocycles. The Morgan fingerprint density at radius 1 is 1.20 bits per heavy atom. The van der Waals surface area contributed by atoms with Crippen molar-refractivity contribution < 1.29 is 8.42 Å². The van der Waals surface area contributed by atoms with E-state index in [1.54, 1.807) is 26.0 Å². The van der Waals surface area contributed by atoms with Gasteiger partial charge in [0.1, 0.15) is 5.15 Å². The number of benzene rings is 1. The standard InChI is InChI=1S/C12H13ClN4O2S/c1-7-3-4-9(14)6-10(7)20(18,19)17-12-15-8(2)5-11(13)16-12/h3-6H,14H2,1-2H3,(H,15,16,17). The molecule has 0 radical (unpaired) electrons. The number of aromatic nitrogens is 2. The monoisotopic (exact) mass is 312 g/mol. The van der Waals surface area contributed by atoms with Crippen LogP contribution >= 0.6 is 11.6 Å². The third kappa shape index (κ3) is 3.17. The Labute approximate surface area is 122 Å². The van der Waals surface area contributed by atoms with Gasteiger partial charge in [-0.3, -0.25) is 0 Å². The van der Waals surface area contributed by atoms with E-state index in [1.165, 1.54) is 12.1 Å². The normalized spacial score (nSPS) is 11.3. The molecule has 0 aliphatic carbocycles. The Morgan fingerprint density at radius 3 is 2.55 bits per heavy atom. The number of nitrogens with two attached hydrogens (primary N) is 1. The van der Waals surface area contributed by atoms with Crippen molar-refractivity contribution in [2.24, 2.45) is 0 Å². The van der Waals surface area contributed by atoms with Crippen molar-refractivity contribution in [2.75, 3.05) is 10.5 Å². The van der Waals surface area contributed by atoms with Crippen LogP contribution in [0.15, 0.2) is 29.2 Å². The lowest BCUT2D eigenvalue weighted by atomic mass is 10.2. The van der Waals surface area contributed by atoms with Gasteiger partial charge in [0.25, 0.3) is 10.0 Å². The molecular weight excluding hydrogens is 300 g/mol. The highest BCUT2D eigenvalue weighted by molar-refractivity contribution is 7.92. The lowest BCUT2D eigenvalue weighted by molar-refractivity contribution is 0.600. The van der Waals surface area contributed by atoms with E-state index in [0.717, 1.165) is 0 Å². The Balaban J connectivity index is 2.43. The summed E-state index contributed by atoms with van der Waals surface area (Å²) >= 11 is 5.78. The van der Waals surface area contributed by atoms with Gasteiger partial charge in [-0.25, -0.2) is 23.1 Å². The maximum Gasteiger partial charge on any atom is 0.264 e. The Bertz CT molecular complexity index is 742. The molecule has 1 aromatic heterocycles. The minimum Gasteiger partial charge on any atom is -0.399 e. The average Bonchev–Trinajstić information content (AvgIpc) is 2.30. The third-order valence-electron chi connectivity index (χ3n) is 2.55. The van der Waals surface area contributed by atoms with Gasteiger partial charge in [-0.05, 0) is 37.6 Å². The average molecular weight is 313 g/mol. The molecule has 0 saturated carbocycles. The number of nitrogens with zero attached hydrogens (tertiary/aromatic N) is 2. The number of hydrogen-bond acceptors (Lipinski definition) is 5. The topological polar surface area (TPSA) is 98.0 Å². The van der Waals surface area contributed by atoms with Gasteiger partial charge in [0.2, 0.25) is 5.95 Å². The van der Waals surface area contributed by atoms with Gasteiger partial charge >= 0.3 is 0 Å². The van der Waals surface area contributed by atoms with E-state index in [-0.39, 0.29) is 16.0 Å². The van der Waals surface area contributed by atoms with Crippen LogP contribution in [0.1, 0.15) is 11.3 Å². The van der Waals surface area contributed by atoms with Crippen molar-refractivity contribution in [2.45, 2.75) is 18.7 Å². The van der Waals surface area contributed by atoms with Crippen molar-refractivity contribution in [1.82, 2.24) is 9.97 Å². The molecule has 8 heteroatoms. The summed E-state index contributed by atoms with van der Waals surface area (Å²) in [5.74, 6) is -0.0724. The molecule has 3 N–H and O–H groups in total. The second-order valence-corrected chi connectivity index (χ2v) is 6.32. The van der Waals surface area contributed by atoms with Crippen molar-refractivity contribution in [3.63, 3.8) is 0 Å². The first-order chi connectivity index (χ1) is 9.28. The largest absolute Gasteiger partial charge is 0.399 e. The number of nitrogen functional groups attached to an aromatic ring is 1. The van der Waals surface area contributed by atoms with E-state index < -0.39 is 10.0 Å². The molecule has 2 aromatic rings. The molecule has 20 heavy (non-hydrogen) atoms. The highest BCUT2D eigenvalue weighted by atomic mass is 35.5. The van der Waals surface area contributed by atoms with Gasteiger partial charge in [0.15, 0.2) is 0 Å². The quantitative estimate of drug-likeness (QED) is 0.668. The number of aryl methyl sites for hydroxylation is 2. The summed E-state index contributed by atoms with van der Waals surface area (Å²) in [7, 11) is -3.81. The zero-order valence-corrected chi connectivity index (χ0v) is 12.5. The molecule has 2 rings (SSSR count). The SMILES string of the molecule is Cc1cc(Cl)nc(NS(=O)(=O)c2cc(N)ccc2C)n1. The third-order valence-corrected chi connectivity index (χ3v) is 4.21. The van der Waals surface area contributed by atoms with Gasteiger partial charge < -0.3 is 5.73 Å². The molecule has 0 fully saturated rings.